The van der Waals surface area contributed by atoms with Gasteiger partial charge in [0, 0.05) is 100 Å². The van der Waals surface area contributed by atoms with Gasteiger partial charge in [-0.2, -0.15) is 0 Å². The molecule has 0 radical (unpaired) electrons. The Morgan fingerprint density at radius 2 is 1.12 bits per heavy atom. The summed E-state index contributed by atoms with van der Waals surface area (Å²) in [5.74, 6) is 0.830. The van der Waals surface area contributed by atoms with Crippen LogP contribution in [0.2, 0.25) is 0 Å². The van der Waals surface area contributed by atoms with Crippen LogP contribution in [0.15, 0.2) is 182 Å². The third-order valence-corrected chi connectivity index (χ3v) is 16.5. The number of allylic oxidation sites excluding steroid dienone is 5. The summed E-state index contributed by atoms with van der Waals surface area (Å²) < 4.78 is 20.2. The van der Waals surface area contributed by atoms with Gasteiger partial charge in [-0.25, -0.2) is 0 Å². The van der Waals surface area contributed by atoms with Crippen LogP contribution in [0, 0.1) is 11.8 Å². The van der Waals surface area contributed by atoms with Crippen LogP contribution >= 0.6 is 23.1 Å². The highest BCUT2D eigenvalue weighted by atomic mass is 32.2. The lowest BCUT2D eigenvalue weighted by Gasteiger charge is -2.30. The third kappa shape index (κ3) is 5.83. The molecular formula is C57H37N3O3S2. The highest BCUT2D eigenvalue weighted by Crippen LogP contribution is 2.54. The zero-order chi connectivity index (χ0) is 43.0. The molecule has 4 aromatic carbocycles. The average molecular weight is 876 g/mol. The Labute approximate surface area is 380 Å². The summed E-state index contributed by atoms with van der Waals surface area (Å²) in [5.41, 5.74) is 13.4. The maximum atomic E-state index is 6.34. The molecule has 2 aliphatic carbocycles. The Morgan fingerprint density at radius 1 is 0.554 bits per heavy atom. The molecule has 3 aliphatic rings. The van der Waals surface area contributed by atoms with Crippen molar-refractivity contribution < 1.29 is 13.3 Å². The highest BCUT2D eigenvalue weighted by Gasteiger charge is 2.41. The number of nitrogens with zero attached hydrogens (tertiary/aromatic N) is 3. The van der Waals surface area contributed by atoms with Gasteiger partial charge in [-0.1, -0.05) is 67.6 Å². The number of hydrogen-bond acceptors (Lipinski definition) is 8. The van der Waals surface area contributed by atoms with Crippen LogP contribution in [0.3, 0.4) is 0 Å². The van der Waals surface area contributed by atoms with E-state index in [2.05, 4.69) is 144 Å². The first-order chi connectivity index (χ1) is 31.9. The van der Waals surface area contributed by atoms with Gasteiger partial charge in [0.25, 0.3) is 0 Å². The first-order valence-corrected chi connectivity index (χ1v) is 23.6. The quantitative estimate of drug-likeness (QED) is 0.170. The number of rotatable bonds is 5. The Bertz CT molecular complexity index is 3940. The zero-order valence-corrected chi connectivity index (χ0v) is 36.9. The average Bonchev–Trinajstić information content (AvgIpc) is 4.16. The number of benzene rings is 4. The molecule has 14 rings (SSSR count). The van der Waals surface area contributed by atoms with Crippen LogP contribution in [-0.2, 0) is 0 Å². The molecule has 0 bridgehead atoms. The van der Waals surface area contributed by atoms with Gasteiger partial charge in [0.2, 0.25) is 0 Å². The highest BCUT2D eigenvalue weighted by molar-refractivity contribution is 8.05. The minimum absolute atomic E-state index is 0.0961. The molecule has 4 unspecified atom stereocenters. The largest absolute Gasteiger partial charge is 0.456 e. The first kappa shape index (κ1) is 37.1. The lowest BCUT2D eigenvalue weighted by molar-refractivity contribution is 0.607. The van der Waals surface area contributed by atoms with Crippen LogP contribution in [0.1, 0.15) is 25.3 Å². The minimum Gasteiger partial charge on any atom is -0.456 e. The molecule has 0 fully saturated rings. The van der Waals surface area contributed by atoms with Crippen LogP contribution in [0.4, 0.5) is 0 Å². The Morgan fingerprint density at radius 3 is 1.74 bits per heavy atom. The summed E-state index contributed by atoms with van der Waals surface area (Å²) in [5, 5.41) is 7.64. The lowest BCUT2D eigenvalue weighted by Crippen LogP contribution is -2.35. The van der Waals surface area contributed by atoms with Crippen molar-refractivity contribution >= 4 is 101 Å². The van der Waals surface area contributed by atoms with Crippen molar-refractivity contribution in [2.24, 2.45) is 11.8 Å². The van der Waals surface area contributed by atoms with Gasteiger partial charge in [-0.15, -0.1) is 23.1 Å². The van der Waals surface area contributed by atoms with Crippen LogP contribution in [0.5, 0.6) is 0 Å². The molecule has 7 aromatic heterocycles. The number of fused-ring (bicyclic) bond motifs is 11. The van der Waals surface area contributed by atoms with E-state index in [1.807, 2.05) is 59.9 Å². The normalized spacial score (nSPS) is 20.4. The van der Waals surface area contributed by atoms with Crippen molar-refractivity contribution in [2.45, 2.75) is 24.5 Å². The van der Waals surface area contributed by atoms with E-state index in [0.717, 1.165) is 88.1 Å². The first-order valence-electron chi connectivity index (χ1n) is 22.0. The molecule has 65 heavy (non-hydrogen) atoms. The fraction of sp³-hybridized carbons (Fsp3) is 0.105. The van der Waals surface area contributed by atoms with E-state index in [0.29, 0.717) is 5.92 Å². The molecule has 6 nitrogen and oxygen atoms in total. The number of hydrogen-bond donors (Lipinski definition) is 0. The summed E-state index contributed by atoms with van der Waals surface area (Å²) in [7, 11) is 0. The van der Waals surface area contributed by atoms with Crippen molar-refractivity contribution in [3.8, 4) is 32.7 Å². The molecule has 0 N–H and O–H groups in total. The molecule has 4 atom stereocenters. The minimum atomic E-state index is -0.0961. The maximum absolute atomic E-state index is 6.34. The van der Waals surface area contributed by atoms with E-state index >= 15 is 0 Å². The number of pyridine rings is 3. The van der Waals surface area contributed by atoms with Gasteiger partial charge >= 0.3 is 0 Å². The van der Waals surface area contributed by atoms with Gasteiger partial charge in [0.15, 0.2) is 0 Å². The Kier molecular flexibility index (Phi) is 7.93. The Hall–Kier alpha value is -7.26. The predicted octanol–water partition coefficient (Wildman–Crippen LogP) is 14.1. The van der Waals surface area contributed by atoms with Crippen LogP contribution in [-0.4, -0.2) is 19.7 Å². The van der Waals surface area contributed by atoms with Crippen molar-refractivity contribution in [1.82, 2.24) is 15.0 Å². The summed E-state index contributed by atoms with van der Waals surface area (Å²) in [6, 6.07) is 34.9. The van der Waals surface area contributed by atoms with Crippen molar-refractivity contribution in [3.63, 3.8) is 0 Å². The monoisotopic (exact) mass is 875 g/mol. The van der Waals surface area contributed by atoms with E-state index in [4.69, 9.17) is 13.3 Å². The molecule has 310 valence electrons. The van der Waals surface area contributed by atoms with Gasteiger partial charge in [0.05, 0.1) is 0 Å². The maximum Gasteiger partial charge on any atom is 0.138 e. The Balaban J connectivity index is 0.826. The van der Waals surface area contributed by atoms with E-state index in [1.165, 1.54) is 36.2 Å². The predicted molar refractivity (Wildman–Crippen MR) is 267 cm³/mol. The topological polar surface area (TPSA) is 78.1 Å². The smallest absolute Gasteiger partial charge is 0.138 e. The number of aromatic nitrogens is 3. The van der Waals surface area contributed by atoms with Crippen LogP contribution < -0.4 is 9.75 Å². The van der Waals surface area contributed by atoms with Crippen molar-refractivity contribution in [3.05, 3.63) is 184 Å². The fourth-order valence-corrected chi connectivity index (χ4v) is 13.1. The van der Waals surface area contributed by atoms with Gasteiger partial charge in [0.1, 0.15) is 33.5 Å². The molecular weight excluding hydrogens is 839 g/mol. The second kappa shape index (κ2) is 13.9. The summed E-state index contributed by atoms with van der Waals surface area (Å²) >= 11 is 3.89. The fourth-order valence-electron chi connectivity index (χ4n) is 10.5. The van der Waals surface area contributed by atoms with Gasteiger partial charge in [-0.05, 0) is 130 Å². The van der Waals surface area contributed by atoms with E-state index in [-0.39, 0.29) is 16.6 Å². The van der Waals surface area contributed by atoms with Gasteiger partial charge < -0.3 is 13.3 Å². The van der Waals surface area contributed by atoms with E-state index in [1.54, 1.807) is 18.6 Å². The number of thioether (sulfide) groups is 1. The summed E-state index contributed by atoms with van der Waals surface area (Å²) in [4.78, 5) is 15.7. The van der Waals surface area contributed by atoms with E-state index < -0.39 is 0 Å². The molecule has 8 heterocycles. The van der Waals surface area contributed by atoms with E-state index in [9.17, 15) is 0 Å². The van der Waals surface area contributed by atoms with Crippen LogP contribution in [0.25, 0.3) is 111 Å². The number of furan rings is 3. The second-order valence-corrected chi connectivity index (χ2v) is 20.4. The third-order valence-electron chi connectivity index (χ3n) is 13.9. The molecule has 0 spiro atoms. The van der Waals surface area contributed by atoms with Gasteiger partial charge in [-0.3, -0.25) is 15.0 Å². The summed E-state index contributed by atoms with van der Waals surface area (Å²) in [6.07, 6.45) is 25.5. The standard InChI is InChI=1S/C57H37N3O3S2/c1-31-40(34-8-11-44-47-30-60-17-14-50(47)63-53(44)23-34)4-3-5-41(31)56-26-39-25-55-38(27-57(39,2)65-56)24-54(64-55)37-19-35(32-6-9-42-45-28-58-15-12-48(45)61-51(42)21-32)18-36(20-37)33-7-10-43-46-29-59-16-13-49(46)62-52(43)22-33/h3-31,39-40H,1-2H3. The SMILES string of the molecule is CC1C(C2=CC3C=c4sc(-c5cc(-c6ccc7c(c6)oc6ccncc67)cc(-c6ccc7c(c6)oc6ccncc67)c5)cc4=CC3(C)S2)=CC=CC1c1ccc2c(c1)oc1ccncc12. The lowest BCUT2D eigenvalue weighted by atomic mass is 9.78. The molecule has 0 saturated heterocycles. The van der Waals surface area contributed by atoms with Crippen molar-refractivity contribution in [1.29, 1.82) is 0 Å². The molecule has 8 heteroatoms. The summed E-state index contributed by atoms with van der Waals surface area (Å²) in [6.45, 7) is 4.78. The molecule has 11 aromatic rings. The zero-order valence-electron chi connectivity index (χ0n) is 35.3. The molecule has 1 aliphatic heterocycles. The molecule has 0 amide bonds. The molecule has 0 saturated carbocycles. The number of thiophene rings is 1. The van der Waals surface area contributed by atoms with Crippen molar-refractivity contribution in [2.75, 3.05) is 0 Å². The second-order valence-electron chi connectivity index (χ2n) is 17.8.